The molecule has 1 heterocycles. The standard InChI is InChI=1S/C26H33NO6/c1-6-11-32-12-13-33-26(30)21-17(4)27-19-14-16(3)20(25(29)31-5)24(28)23(19)22(21)18-10-8-7-9-15(18)2/h7-10,16,20,22,27H,6,11-14H2,1-5H3/t16-,20+,22-/m0/s1. The number of ketones is 1. The normalized spacial score (nSPS) is 22.6. The minimum atomic E-state index is -0.903. The Morgan fingerprint density at radius 1 is 1.12 bits per heavy atom. The average molecular weight is 456 g/mol. The van der Waals surface area contributed by atoms with Crippen molar-refractivity contribution in [2.24, 2.45) is 11.8 Å². The van der Waals surface area contributed by atoms with E-state index in [0.29, 0.717) is 36.5 Å². The predicted molar refractivity (Wildman–Crippen MR) is 123 cm³/mol. The Kier molecular flexibility index (Phi) is 8.08. The number of dihydropyridines is 1. The highest BCUT2D eigenvalue weighted by molar-refractivity contribution is 6.12. The Labute approximate surface area is 195 Å². The Bertz CT molecular complexity index is 992. The van der Waals surface area contributed by atoms with Crippen molar-refractivity contribution in [2.45, 2.75) is 46.5 Å². The number of hydrogen-bond donors (Lipinski definition) is 1. The van der Waals surface area contributed by atoms with Crippen molar-refractivity contribution in [3.05, 3.63) is 57.9 Å². The Morgan fingerprint density at radius 3 is 2.52 bits per heavy atom. The van der Waals surface area contributed by atoms with Gasteiger partial charge in [-0.05, 0) is 43.7 Å². The van der Waals surface area contributed by atoms with Gasteiger partial charge in [0.05, 0.1) is 19.3 Å². The fourth-order valence-electron chi connectivity index (χ4n) is 4.69. The molecule has 1 aromatic rings. The summed E-state index contributed by atoms with van der Waals surface area (Å²) in [7, 11) is 1.29. The third-order valence-electron chi connectivity index (χ3n) is 6.27. The number of allylic oxidation sites excluding steroid dienone is 3. The quantitative estimate of drug-likeness (QED) is 0.364. The van der Waals surface area contributed by atoms with Gasteiger partial charge in [-0.25, -0.2) is 4.79 Å². The van der Waals surface area contributed by atoms with Crippen LogP contribution in [0.15, 0.2) is 46.8 Å². The van der Waals surface area contributed by atoms with E-state index in [9.17, 15) is 14.4 Å². The van der Waals surface area contributed by atoms with Gasteiger partial charge in [-0.15, -0.1) is 0 Å². The average Bonchev–Trinajstić information content (AvgIpc) is 2.78. The van der Waals surface area contributed by atoms with Crippen LogP contribution in [0.1, 0.15) is 50.7 Å². The number of Topliss-reactive ketones (excluding diaryl/α,β-unsaturated/α-hetero) is 1. The molecule has 1 N–H and O–H groups in total. The fourth-order valence-corrected chi connectivity index (χ4v) is 4.69. The summed E-state index contributed by atoms with van der Waals surface area (Å²) in [5.74, 6) is -3.10. The van der Waals surface area contributed by atoms with E-state index in [1.807, 2.05) is 52.0 Å². The van der Waals surface area contributed by atoms with Crippen LogP contribution in [0.3, 0.4) is 0 Å². The molecule has 2 aliphatic rings. The molecule has 0 bridgehead atoms. The number of methoxy groups -OCH3 is 1. The lowest BCUT2D eigenvalue weighted by Crippen LogP contribution is -2.43. The van der Waals surface area contributed by atoms with Crippen molar-refractivity contribution < 1.29 is 28.6 Å². The Balaban J connectivity index is 2.03. The first-order chi connectivity index (χ1) is 15.8. The maximum absolute atomic E-state index is 13.7. The summed E-state index contributed by atoms with van der Waals surface area (Å²) in [6.45, 7) is 8.68. The topological polar surface area (TPSA) is 90.9 Å². The number of rotatable bonds is 8. The van der Waals surface area contributed by atoms with Gasteiger partial charge in [-0.3, -0.25) is 9.59 Å². The van der Waals surface area contributed by atoms with Crippen LogP contribution < -0.4 is 5.32 Å². The van der Waals surface area contributed by atoms with E-state index in [1.165, 1.54) is 7.11 Å². The number of carbonyl (C=O) groups excluding carboxylic acids is 3. The monoisotopic (exact) mass is 455 g/mol. The summed E-state index contributed by atoms with van der Waals surface area (Å²) in [6, 6.07) is 7.66. The molecule has 1 aliphatic heterocycles. The van der Waals surface area contributed by atoms with Crippen LogP contribution in [0.2, 0.25) is 0 Å². The SMILES string of the molecule is CCCOCCOC(=O)C1=C(C)NC2=C(C(=O)[C@H](C(=O)OC)[C@@H](C)C2)[C@H]1c1ccccc1C. The third kappa shape index (κ3) is 5.03. The molecule has 1 aliphatic carbocycles. The molecular weight excluding hydrogens is 422 g/mol. The van der Waals surface area contributed by atoms with Crippen molar-refractivity contribution >= 4 is 17.7 Å². The van der Waals surface area contributed by atoms with Crippen LogP contribution in [0, 0.1) is 18.8 Å². The first-order valence-electron chi connectivity index (χ1n) is 11.4. The summed E-state index contributed by atoms with van der Waals surface area (Å²) in [6.07, 6.45) is 1.39. The summed E-state index contributed by atoms with van der Waals surface area (Å²) >= 11 is 0. The van der Waals surface area contributed by atoms with Crippen LogP contribution in [-0.2, 0) is 28.6 Å². The predicted octanol–water partition coefficient (Wildman–Crippen LogP) is 3.58. The second kappa shape index (κ2) is 10.8. The first-order valence-corrected chi connectivity index (χ1v) is 11.4. The molecule has 3 atom stereocenters. The van der Waals surface area contributed by atoms with Crippen LogP contribution in [0.4, 0.5) is 0 Å². The lowest BCUT2D eigenvalue weighted by Gasteiger charge is -2.38. The molecule has 0 saturated carbocycles. The summed E-state index contributed by atoms with van der Waals surface area (Å²) in [4.78, 5) is 39.4. The Morgan fingerprint density at radius 2 is 1.85 bits per heavy atom. The molecule has 7 nitrogen and oxygen atoms in total. The fraction of sp³-hybridized carbons (Fsp3) is 0.500. The van der Waals surface area contributed by atoms with Gasteiger partial charge >= 0.3 is 11.9 Å². The first kappa shape index (κ1) is 24.7. The lowest BCUT2D eigenvalue weighted by molar-refractivity contribution is -0.151. The second-order valence-corrected chi connectivity index (χ2v) is 8.64. The molecule has 0 aromatic heterocycles. The summed E-state index contributed by atoms with van der Waals surface area (Å²) < 4.78 is 15.9. The number of esters is 2. The number of carbonyl (C=O) groups is 3. The van der Waals surface area contributed by atoms with Gasteiger partial charge in [-0.1, -0.05) is 38.1 Å². The van der Waals surface area contributed by atoms with E-state index in [-0.39, 0.29) is 18.3 Å². The van der Waals surface area contributed by atoms with E-state index in [1.54, 1.807) is 0 Å². The largest absolute Gasteiger partial charge is 0.468 e. The molecule has 0 amide bonds. The van der Waals surface area contributed by atoms with E-state index < -0.39 is 23.8 Å². The highest BCUT2D eigenvalue weighted by atomic mass is 16.6. The second-order valence-electron chi connectivity index (χ2n) is 8.64. The van der Waals surface area contributed by atoms with Crippen LogP contribution in [0.25, 0.3) is 0 Å². The zero-order valence-corrected chi connectivity index (χ0v) is 20.0. The molecule has 3 rings (SSSR count). The van der Waals surface area contributed by atoms with Crippen molar-refractivity contribution in [3.8, 4) is 0 Å². The Hall–Kier alpha value is -2.93. The smallest absolute Gasteiger partial charge is 0.336 e. The molecule has 33 heavy (non-hydrogen) atoms. The maximum Gasteiger partial charge on any atom is 0.336 e. The van der Waals surface area contributed by atoms with Gasteiger partial charge in [0.2, 0.25) is 0 Å². The number of hydrogen-bond acceptors (Lipinski definition) is 7. The van der Waals surface area contributed by atoms with Crippen LogP contribution in [-0.4, -0.2) is 44.7 Å². The minimum absolute atomic E-state index is 0.123. The maximum atomic E-state index is 13.7. The molecule has 0 unspecified atom stereocenters. The van der Waals surface area contributed by atoms with Crippen molar-refractivity contribution in [2.75, 3.05) is 26.9 Å². The molecule has 0 saturated heterocycles. The van der Waals surface area contributed by atoms with E-state index in [2.05, 4.69) is 5.32 Å². The summed E-state index contributed by atoms with van der Waals surface area (Å²) in [5, 5.41) is 3.27. The molecule has 178 valence electrons. The number of benzene rings is 1. The molecule has 1 aromatic carbocycles. The van der Waals surface area contributed by atoms with E-state index in [4.69, 9.17) is 14.2 Å². The molecule has 0 fully saturated rings. The molecule has 0 spiro atoms. The van der Waals surface area contributed by atoms with E-state index in [0.717, 1.165) is 23.2 Å². The van der Waals surface area contributed by atoms with Crippen molar-refractivity contribution in [1.29, 1.82) is 0 Å². The van der Waals surface area contributed by atoms with Gasteiger partial charge in [0.15, 0.2) is 5.78 Å². The van der Waals surface area contributed by atoms with Gasteiger partial charge in [0, 0.05) is 29.5 Å². The van der Waals surface area contributed by atoms with Gasteiger partial charge in [-0.2, -0.15) is 0 Å². The third-order valence-corrected chi connectivity index (χ3v) is 6.27. The van der Waals surface area contributed by atoms with E-state index >= 15 is 0 Å². The van der Waals surface area contributed by atoms with Crippen molar-refractivity contribution in [1.82, 2.24) is 5.32 Å². The summed E-state index contributed by atoms with van der Waals surface area (Å²) in [5.41, 5.74) is 4.01. The number of aryl methyl sites for hydroxylation is 1. The van der Waals surface area contributed by atoms with Gasteiger partial charge in [0.1, 0.15) is 12.5 Å². The van der Waals surface area contributed by atoms with Crippen LogP contribution >= 0.6 is 0 Å². The highest BCUT2D eigenvalue weighted by Gasteiger charge is 2.47. The van der Waals surface area contributed by atoms with Gasteiger partial charge < -0.3 is 19.5 Å². The zero-order chi connectivity index (χ0) is 24.1. The number of nitrogens with one attached hydrogen (secondary N) is 1. The number of ether oxygens (including phenoxy) is 3. The zero-order valence-electron chi connectivity index (χ0n) is 20.0. The molecule has 7 heteroatoms. The molecule has 0 radical (unpaired) electrons. The van der Waals surface area contributed by atoms with Crippen molar-refractivity contribution in [3.63, 3.8) is 0 Å². The van der Waals surface area contributed by atoms with Gasteiger partial charge in [0.25, 0.3) is 0 Å². The highest BCUT2D eigenvalue weighted by Crippen LogP contribution is 2.46. The lowest BCUT2D eigenvalue weighted by atomic mass is 9.68. The van der Waals surface area contributed by atoms with Crippen LogP contribution in [0.5, 0.6) is 0 Å². The molecular formula is C26H33NO6. The minimum Gasteiger partial charge on any atom is -0.468 e.